The first-order chi connectivity index (χ1) is 9.94. The first-order valence-corrected chi connectivity index (χ1v) is 7.15. The van der Waals surface area contributed by atoms with Gasteiger partial charge in [0, 0.05) is 16.6 Å². The van der Waals surface area contributed by atoms with Gasteiger partial charge in [-0.25, -0.2) is 14.2 Å². The van der Waals surface area contributed by atoms with Crippen molar-refractivity contribution in [2.45, 2.75) is 19.9 Å². The van der Waals surface area contributed by atoms with Crippen molar-refractivity contribution in [1.29, 1.82) is 0 Å². The van der Waals surface area contributed by atoms with Crippen LogP contribution in [0.15, 0.2) is 40.9 Å². The van der Waals surface area contributed by atoms with E-state index in [2.05, 4.69) is 26.2 Å². The standard InChI is InChI=1S/C15H14BrFN2O2/c1-9(2)18-14-5-3-4-13(19-14)15(20)21-12-7-10(16)6-11(17)8-12/h3-9H,1-2H3,(H,18,19). The van der Waals surface area contributed by atoms with E-state index in [1.165, 1.54) is 12.1 Å². The molecule has 0 saturated carbocycles. The van der Waals surface area contributed by atoms with Crippen LogP contribution in [0, 0.1) is 5.82 Å². The maximum absolute atomic E-state index is 13.2. The highest BCUT2D eigenvalue weighted by Gasteiger charge is 2.12. The van der Waals surface area contributed by atoms with Gasteiger partial charge in [-0.05, 0) is 38.1 Å². The zero-order valence-corrected chi connectivity index (χ0v) is 13.1. The van der Waals surface area contributed by atoms with Gasteiger partial charge in [-0.1, -0.05) is 22.0 Å². The van der Waals surface area contributed by atoms with Crippen molar-refractivity contribution in [1.82, 2.24) is 4.98 Å². The molecule has 1 aromatic carbocycles. The summed E-state index contributed by atoms with van der Waals surface area (Å²) in [5, 5.41) is 3.10. The van der Waals surface area contributed by atoms with Crippen LogP contribution in [-0.4, -0.2) is 17.0 Å². The normalized spacial score (nSPS) is 10.5. The smallest absolute Gasteiger partial charge is 0.362 e. The largest absolute Gasteiger partial charge is 0.422 e. The number of ether oxygens (including phenoxy) is 1. The van der Waals surface area contributed by atoms with E-state index in [9.17, 15) is 9.18 Å². The molecule has 0 aliphatic carbocycles. The predicted molar refractivity (Wildman–Crippen MR) is 82.1 cm³/mol. The van der Waals surface area contributed by atoms with Crippen LogP contribution in [0.3, 0.4) is 0 Å². The van der Waals surface area contributed by atoms with Crippen molar-refractivity contribution in [2.75, 3.05) is 5.32 Å². The molecule has 0 unspecified atom stereocenters. The number of aromatic nitrogens is 1. The van der Waals surface area contributed by atoms with Crippen LogP contribution in [0.5, 0.6) is 5.75 Å². The third kappa shape index (κ3) is 4.53. The minimum absolute atomic E-state index is 0.121. The quantitative estimate of drug-likeness (QED) is 0.666. The van der Waals surface area contributed by atoms with Crippen molar-refractivity contribution in [3.8, 4) is 5.75 Å². The average Bonchev–Trinajstić information content (AvgIpc) is 2.36. The summed E-state index contributed by atoms with van der Waals surface area (Å²) < 4.78 is 18.9. The van der Waals surface area contributed by atoms with Gasteiger partial charge in [-0.3, -0.25) is 0 Å². The third-order valence-electron chi connectivity index (χ3n) is 2.44. The Morgan fingerprint density at radius 1 is 1.33 bits per heavy atom. The summed E-state index contributed by atoms with van der Waals surface area (Å²) in [6.07, 6.45) is 0. The Hall–Kier alpha value is -1.95. The van der Waals surface area contributed by atoms with Crippen LogP contribution >= 0.6 is 15.9 Å². The molecule has 0 saturated heterocycles. The molecule has 0 atom stereocenters. The fourth-order valence-electron chi connectivity index (χ4n) is 1.67. The molecule has 2 rings (SSSR count). The van der Waals surface area contributed by atoms with Crippen LogP contribution in [0.2, 0.25) is 0 Å². The molecule has 0 amide bonds. The second-order valence-electron chi connectivity index (χ2n) is 4.70. The number of hydrogen-bond acceptors (Lipinski definition) is 4. The molecule has 6 heteroatoms. The van der Waals surface area contributed by atoms with E-state index < -0.39 is 11.8 Å². The molecule has 1 heterocycles. The van der Waals surface area contributed by atoms with Crippen LogP contribution in [-0.2, 0) is 0 Å². The molecular formula is C15H14BrFN2O2. The fourth-order valence-corrected chi connectivity index (χ4v) is 2.12. The lowest BCUT2D eigenvalue weighted by Crippen LogP contribution is -2.15. The Morgan fingerprint density at radius 3 is 2.76 bits per heavy atom. The summed E-state index contributed by atoms with van der Waals surface area (Å²) in [4.78, 5) is 16.2. The zero-order valence-electron chi connectivity index (χ0n) is 11.6. The molecule has 4 nitrogen and oxygen atoms in total. The first kappa shape index (κ1) is 15.4. The Balaban J connectivity index is 2.16. The summed E-state index contributed by atoms with van der Waals surface area (Å²) in [5.74, 6) is -0.425. The van der Waals surface area contributed by atoms with Crippen molar-refractivity contribution < 1.29 is 13.9 Å². The third-order valence-corrected chi connectivity index (χ3v) is 2.90. The molecule has 1 aromatic heterocycles. The average molecular weight is 353 g/mol. The predicted octanol–water partition coefficient (Wildman–Crippen LogP) is 4.02. The summed E-state index contributed by atoms with van der Waals surface area (Å²) in [5.41, 5.74) is 0.154. The molecule has 110 valence electrons. The second-order valence-corrected chi connectivity index (χ2v) is 5.62. The second kappa shape index (κ2) is 6.67. The van der Waals surface area contributed by atoms with Crippen LogP contribution in [0.4, 0.5) is 10.2 Å². The van der Waals surface area contributed by atoms with Gasteiger partial charge in [0.1, 0.15) is 17.4 Å². The molecule has 0 spiro atoms. The van der Waals surface area contributed by atoms with Gasteiger partial charge in [-0.15, -0.1) is 0 Å². The highest BCUT2D eigenvalue weighted by Crippen LogP contribution is 2.21. The molecule has 0 aliphatic rings. The monoisotopic (exact) mass is 352 g/mol. The number of hydrogen-bond donors (Lipinski definition) is 1. The number of nitrogens with one attached hydrogen (secondary N) is 1. The fraction of sp³-hybridized carbons (Fsp3) is 0.200. The van der Waals surface area contributed by atoms with E-state index in [0.717, 1.165) is 6.07 Å². The van der Waals surface area contributed by atoms with Gasteiger partial charge < -0.3 is 10.1 Å². The molecule has 0 radical (unpaired) electrons. The molecule has 1 N–H and O–H groups in total. The SMILES string of the molecule is CC(C)Nc1cccc(C(=O)Oc2cc(F)cc(Br)c2)n1. The summed E-state index contributed by atoms with van der Waals surface area (Å²) in [6.45, 7) is 3.94. The van der Waals surface area contributed by atoms with Crippen LogP contribution in [0.25, 0.3) is 0 Å². The highest BCUT2D eigenvalue weighted by atomic mass is 79.9. The number of esters is 1. The topological polar surface area (TPSA) is 51.2 Å². The Labute approximate surface area is 130 Å². The van der Waals surface area contributed by atoms with Gasteiger partial charge in [0.15, 0.2) is 5.69 Å². The van der Waals surface area contributed by atoms with Crippen molar-refractivity contribution >= 4 is 27.7 Å². The number of anilines is 1. The van der Waals surface area contributed by atoms with Gasteiger partial charge in [0.2, 0.25) is 0 Å². The van der Waals surface area contributed by atoms with E-state index >= 15 is 0 Å². The van der Waals surface area contributed by atoms with E-state index in [1.54, 1.807) is 18.2 Å². The molecule has 2 aromatic rings. The molecule has 21 heavy (non-hydrogen) atoms. The maximum Gasteiger partial charge on any atom is 0.362 e. The number of halogens is 2. The summed E-state index contributed by atoms with van der Waals surface area (Å²) >= 11 is 3.14. The maximum atomic E-state index is 13.2. The van der Waals surface area contributed by atoms with E-state index in [0.29, 0.717) is 10.3 Å². The van der Waals surface area contributed by atoms with Crippen LogP contribution in [0.1, 0.15) is 24.3 Å². The Bertz CT molecular complexity index is 642. The van der Waals surface area contributed by atoms with Gasteiger partial charge in [0.25, 0.3) is 0 Å². The zero-order chi connectivity index (χ0) is 15.4. The molecule has 0 fully saturated rings. The van der Waals surface area contributed by atoms with Crippen molar-refractivity contribution in [3.63, 3.8) is 0 Å². The lowest BCUT2D eigenvalue weighted by Gasteiger charge is -2.10. The summed E-state index contributed by atoms with van der Waals surface area (Å²) in [6, 6.07) is 9.13. The number of nitrogens with zero attached hydrogens (tertiary/aromatic N) is 1. The molecule has 0 bridgehead atoms. The number of carbonyl (C=O) groups excluding carboxylic acids is 1. The van der Waals surface area contributed by atoms with E-state index in [-0.39, 0.29) is 17.5 Å². The van der Waals surface area contributed by atoms with Gasteiger partial charge in [0.05, 0.1) is 0 Å². The van der Waals surface area contributed by atoms with Crippen molar-refractivity contribution in [2.24, 2.45) is 0 Å². The lowest BCUT2D eigenvalue weighted by atomic mass is 10.3. The summed E-state index contributed by atoms with van der Waals surface area (Å²) in [7, 11) is 0. The lowest BCUT2D eigenvalue weighted by molar-refractivity contribution is 0.0728. The number of rotatable bonds is 4. The highest BCUT2D eigenvalue weighted by molar-refractivity contribution is 9.10. The van der Waals surface area contributed by atoms with Gasteiger partial charge >= 0.3 is 5.97 Å². The number of carbonyl (C=O) groups is 1. The number of pyridine rings is 1. The molecule has 0 aliphatic heterocycles. The number of benzene rings is 1. The van der Waals surface area contributed by atoms with E-state index in [1.807, 2.05) is 13.8 Å². The van der Waals surface area contributed by atoms with Crippen molar-refractivity contribution in [3.05, 3.63) is 52.4 Å². The van der Waals surface area contributed by atoms with Crippen LogP contribution < -0.4 is 10.1 Å². The Morgan fingerprint density at radius 2 is 2.10 bits per heavy atom. The minimum Gasteiger partial charge on any atom is -0.422 e. The Kier molecular flexibility index (Phi) is 4.90. The molecular weight excluding hydrogens is 339 g/mol. The van der Waals surface area contributed by atoms with E-state index in [4.69, 9.17) is 4.74 Å². The minimum atomic E-state index is -0.639. The first-order valence-electron chi connectivity index (χ1n) is 6.36. The van der Waals surface area contributed by atoms with Gasteiger partial charge in [-0.2, -0.15) is 0 Å².